The van der Waals surface area contributed by atoms with E-state index in [0.29, 0.717) is 0 Å². The number of pyridine rings is 1. The van der Waals surface area contributed by atoms with Gasteiger partial charge in [-0.2, -0.15) is 0 Å². The van der Waals surface area contributed by atoms with Crippen molar-refractivity contribution in [3.05, 3.63) is 23.8 Å². The molecule has 5 heteroatoms. The van der Waals surface area contributed by atoms with Crippen molar-refractivity contribution in [3.8, 4) is 11.5 Å². The fraction of sp³-hybridized carbons (Fsp3) is 0.500. The molecule has 1 fully saturated rings. The Balaban J connectivity index is 2.13. The highest BCUT2D eigenvalue weighted by Gasteiger charge is 2.24. The van der Waals surface area contributed by atoms with Gasteiger partial charge in [-0.05, 0) is 44.5 Å². The number of rotatable bonds is 3. The number of anilines is 1. The molecule has 1 aliphatic heterocycles. The van der Waals surface area contributed by atoms with Gasteiger partial charge in [0.15, 0.2) is 0 Å². The van der Waals surface area contributed by atoms with E-state index in [4.69, 9.17) is 19.2 Å². The Bertz CT molecular complexity index is 707. The van der Waals surface area contributed by atoms with Gasteiger partial charge in [0.25, 0.3) is 0 Å². The summed E-state index contributed by atoms with van der Waals surface area (Å²) >= 11 is 0. The number of methoxy groups -OCH3 is 2. The third kappa shape index (κ3) is 2.93. The Hall–Kier alpha value is -2.01. The Morgan fingerprint density at radius 3 is 2.30 bits per heavy atom. The maximum absolute atomic E-state index is 5.82. The molecule has 1 aliphatic rings. The van der Waals surface area contributed by atoms with Crippen molar-refractivity contribution in [1.82, 2.24) is 4.98 Å². The van der Waals surface area contributed by atoms with Crippen LogP contribution in [0.25, 0.3) is 10.9 Å². The summed E-state index contributed by atoms with van der Waals surface area (Å²) in [5.41, 5.74) is 1.97. The van der Waals surface area contributed by atoms with Gasteiger partial charge in [0.2, 0.25) is 0 Å². The van der Waals surface area contributed by atoms with Crippen LogP contribution in [-0.4, -0.2) is 44.5 Å². The topological polar surface area (TPSA) is 43.8 Å². The summed E-state index contributed by atoms with van der Waals surface area (Å²) in [7, 11) is 3.35. The number of fused-ring (bicyclic) bond motifs is 1. The fourth-order valence-electron chi connectivity index (χ4n) is 3.32. The van der Waals surface area contributed by atoms with E-state index in [1.165, 1.54) is 0 Å². The van der Waals surface area contributed by atoms with Crippen molar-refractivity contribution in [3.63, 3.8) is 0 Å². The van der Waals surface area contributed by atoms with Gasteiger partial charge in [-0.15, -0.1) is 0 Å². The summed E-state index contributed by atoms with van der Waals surface area (Å²) in [6.07, 6.45) is 0.396. The van der Waals surface area contributed by atoms with Crippen molar-refractivity contribution in [1.29, 1.82) is 0 Å². The highest BCUT2D eigenvalue weighted by molar-refractivity contribution is 5.94. The SMILES string of the molecule is COc1ccc(OC)c2c(C)cc(N3C[C@H](C)O[C@@H](C)C3)nc12. The molecule has 1 aromatic carbocycles. The normalized spacial score (nSPS) is 21.5. The minimum absolute atomic E-state index is 0.198. The molecule has 0 unspecified atom stereocenters. The zero-order valence-electron chi connectivity index (χ0n) is 14.4. The van der Waals surface area contributed by atoms with Crippen LogP contribution >= 0.6 is 0 Å². The van der Waals surface area contributed by atoms with E-state index in [9.17, 15) is 0 Å². The minimum atomic E-state index is 0.198. The third-order valence-electron chi connectivity index (χ3n) is 4.25. The molecular weight excluding hydrogens is 292 g/mol. The molecule has 0 radical (unpaired) electrons. The summed E-state index contributed by atoms with van der Waals surface area (Å²) in [5, 5.41) is 1.00. The monoisotopic (exact) mass is 316 g/mol. The molecule has 0 N–H and O–H groups in total. The number of benzene rings is 1. The minimum Gasteiger partial charge on any atom is -0.496 e. The van der Waals surface area contributed by atoms with Gasteiger partial charge in [-0.3, -0.25) is 0 Å². The molecule has 0 aliphatic carbocycles. The summed E-state index contributed by atoms with van der Waals surface area (Å²) in [4.78, 5) is 7.16. The Morgan fingerprint density at radius 2 is 1.70 bits per heavy atom. The fourth-order valence-corrected chi connectivity index (χ4v) is 3.32. The van der Waals surface area contributed by atoms with Crippen molar-refractivity contribution in [2.75, 3.05) is 32.2 Å². The van der Waals surface area contributed by atoms with Gasteiger partial charge >= 0.3 is 0 Å². The first-order valence-corrected chi connectivity index (χ1v) is 7.96. The molecule has 5 nitrogen and oxygen atoms in total. The van der Waals surface area contributed by atoms with Crippen LogP contribution < -0.4 is 14.4 Å². The number of aromatic nitrogens is 1. The second kappa shape index (κ2) is 6.24. The number of aryl methyl sites for hydroxylation is 1. The lowest BCUT2D eigenvalue weighted by Gasteiger charge is -2.36. The molecule has 0 bridgehead atoms. The van der Waals surface area contributed by atoms with E-state index < -0.39 is 0 Å². The van der Waals surface area contributed by atoms with E-state index in [-0.39, 0.29) is 12.2 Å². The first-order chi connectivity index (χ1) is 11.0. The van der Waals surface area contributed by atoms with Crippen LogP contribution in [0, 0.1) is 6.92 Å². The lowest BCUT2D eigenvalue weighted by atomic mass is 10.1. The first kappa shape index (κ1) is 15.9. The summed E-state index contributed by atoms with van der Waals surface area (Å²) < 4.78 is 16.8. The second-order valence-corrected chi connectivity index (χ2v) is 6.15. The molecule has 0 amide bonds. The highest BCUT2D eigenvalue weighted by atomic mass is 16.5. The Kier molecular flexibility index (Phi) is 4.31. The number of ether oxygens (including phenoxy) is 3. The van der Waals surface area contributed by atoms with Crippen LogP contribution in [-0.2, 0) is 4.74 Å². The van der Waals surface area contributed by atoms with Crippen LogP contribution in [0.15, 0.2) is 18.2 Å². The maximum atomic E-state index is 5.82. The zero-order chi connectivity index (χ0) is 16.6. The van der Waals surface area contributed by atoms with E-state index in [1.807, 2.05) is 12.1 Å². The molecule has 0 spiro atoms. The van der Waals surface area contributed by atoms with E-state index in [2.05, 4.69) is 31.7 Å². The van der Waals surface area contributed by atoms with Crippen LogP contribution in [0.1, 0.15) is 19.4 Å². The average molecular weight is 316 g/mol. The standard InChI is InChI=1S/C18H24N2O3/c1-11-8-16(20-9-12(2)23-13(3)10-20)19-18-15(22-5)7-6-14(21-4)17(11)18/h6-8,12-13H,9-10H2,1-5H3/t12-,13-/m0/s1. The first-order valence-electron chi connectivity index (χ1n) is 7.96. The van der Waals surface area contributed by atoms with E-state index in [1.54, 1.807) is 14.2 Å². The smallest absolute Gasteiger partial charge is 0.145 e. The molecule has 2 heterocycles. The quantitative estimate of drug-likeness (QED) is 0.870. The van der Waals surface area contributed by atoms with Gasteiger partial charge in [0, 0.05) is 18.5 Å². The van der Waals surface area contributed by atoms with Crippen molar-refractivity contribution in [2.24, 2.45) is 0 Å². The number of hydrogen-bond donors (Lipinski definition) is 0. The Labute approximate surface area is 137 Å². The summed E-state index contributed by atoms with van der Waals surface area (Å²) in [6, 6.07) is 5.95. The molecule has 2 aromatic rings. The molecule has 1 aromatic heterocycles. The molecule has 0 saturated carbocycles. The van der Waals surface area contributed by atoms with Crippen molar-refractivity contribution >= 4 is 16.7 Å². The predicted octanol–water partition coefficient (Wildman–Crippen LogP) is 3.17. The van der Waals surface area contributed by atoms with E-state index >= 15 is 0 Å². The Morgan fingerprint density at radius 1 is 1.09 bits per heavy atom. The maximum Gasteiger partial charge on any atom is 0.145 e. The third-order valence-corrected chi connectivity index (χ3v) is 4.25. The van der Waals surface area contributed by atoms with Gasteiger partial charge in [-0.1, -0.05) is 0 Å². The predicted molar refractivity (Wildman–Crippen MR) is 91.8 cm³/mol. The summed E-state index contributed by atoms with van der Waals surface area (Å²) in [6.45, 7) is 7.96. The molecular formula is C18H24N2O3. The molecule has 124 valence electrons. The number of nitrogens with zero attached hydrogens (tertiary/aromatic N) is 2. The molecule has 2 atom stereocenters. The van der Waals surface area contributed by atoms with Crippen LogP contribution in [0.3, 0.4) is 0 Å². The van der Waals surface area contributed by atoms with Crippen LogP contribution in [0.5, 0.6) is 11.5 Å². The van der Waals surface area contributed by atoms with Crippen LogP contribution in [0.4, 0.5) is 5.82 Å². The number of hydrogen-bond acceptors (Lipinski definition) is 5. The van der Waals surface area contributed by atoms with Crippen molar-refractivity contribution < 1.29 is 14.2 Å². The largest absolute Gasteiger partial charge is 0.496 e. The van der Waals surface area contributed by atoms with Gasteiger partial charge < -0.3 is 19.1 Å². The lowest BCUT2D eigenvalue weighted by Crippen LogP contribution is -2.45. The number of morpholine rings is 1. The molecule has 23 heavy (non-hydrogen) atoms. The average Bonchev–Trinajstić information content (AvgIpc) is 2.52. The highest BCUT2D eigenvalue weighted by Crippen LogP contribution is 2.36. The molecule has 3 rings (SSSR count). The second-order valence-electron chi connectivity index (χ2n) is 6.15. The van der Waals surface area contributed by atoms with E-state index in [0.717, 1.165) is 46.9 Å². The van der Waals surface area contributed by atoms with Gasteiger partial charge in [-0.25, -0.2) is 4.98 Å². The van der Waals surface area contributed by atoms with Crippen LogP contribution in [0.2, 0.25) is 0 Å². The summed E-state index contributed by atoms with van der Waals surface area (Å²) in [5.74, 6) is 2.55. The van der Waals surface area contributed by atoms with Crippen molar-refractivity contribution in [2.45, 2.75) is 33.0 Å². The van der Waals surface area contributed by atoms with Gasteiger partial charge in [0.1, 0.15) is 22.8 Å². The zero-order valence-corrected chi connectivity index (χ0v) is 14.4. The van der Waals surface area contributed by atoms with Gasteiger partial charge in [0.05, 0.1) is 26.4 Å². The molecule has 1 saturated heterocycles. The lowest BCUT2D eigenvalue weighted by molar-refractivity contribution is -0.00544.